The van der Waals surface area contributed by atoms with E-state index in [1.807, 2.05) is 24.3 Å². The molecule has 3 aromatic rings. The number of nitriles is 1. The van der Waals surface area contributed by atoms with E-state index in [0.717, 1.165) is 31.9 Å². The zero-order chi connectivity index (χ0) is 22.0. The number of nitrogens with zero attached hydrogens (tertiary/aromatic N) is 4. The minimum Gasteiger partial charge on any atom is -0.368 e. The molecular weight excluding hydrogens is 393 g/mol. The van der Waals surface area contributed by atoms with Crippen LogP contribution in [0.15, 0.2) is 41.2 Å². The van der Waals surface area contributed by atoms with Gasteiger partial charge in [0.25, 0.3) is 5.56 Å². The van der Waals surface area contributed by atoms with E-state index in [0.29, 0.717) is 46.7 Å². The number of benzene rings is 2. The average molecular weight is 420 g/mol. The van der Waals surface area contributed by atoms with Gasteiger partial charge in [0, 0.05) is 26.2 Å². The maximum atomic E-state index is 14.4. The molecule has 160 valence electrons. The van der Waals surface area contributed by atoms with Gasteiger partial charge in [-0.15, -0.1) is 0 Å². The van der Waals surface area contributed by atoms with Gasteiger partial charge >= 0.3 is 0 Å². The van der Waals surface area contributed by atoms with Crippen LogP contribution in [0.2, 0.25) is 0 Å². The molecule has 31 heavy (non-hydrogen) atoms. The summed E-state index contributed by atoms with van der Waals surface area (Å²) in [5, 5.41) is 10.1. The van der Waals surface area contributed by atoms with E-state index in [2.05, 4.69) is 39.7 Å². The number of halogens is 1. The lowest BCUT2D eigenvalue weighted by molar-refractivity contribution is 0.244. The second kappa shape index (κ2) is 8.86. The highest BCUT2D eigenvalue weighted by Crippen LogP contribution is 2.27. The Morgan fingerprint density at radius 1 is 1.19 bits per heavy atom. The van der Waals surface area contributed by atoms with Crippen molar-refractivity contribution in [2.45, 2.75) is 26.8 Å². The molecule has 1 N–H and O–H groups in total. The maximum Gasteiger partial charge on any atom is 0.258 e. The zero-order valence-corrected chi connectivity index (χ0v) is 17.9. The van der Waals surface area contributed by atoms with Gasteiger partial charge in [0.05, 0.1) is 28.7 Å². The van der Waals surface area contributed by atoms with Gasteiger partial charge in [-0.1, -0.05) is 26.0 Å². The maximum absolute atomic E-state index is 14.4. The van der Waals surface area contributed by atoms with E-state index >= 15 is 0 Å². The van der Waals surface area contributed by atoms with Gasteiger partial charge in [-0.3, -0.25) is 9.69 Å². The Balaban J connectivity index is 1.48. The number of H-pyrrole nitrogens is 1. The van der Waals surface area contributed by atoms with Gasteiger partial charge in [-0.25, -0.2) is 9.37 Å². The minimum atomic E-state index is -0.307. The molecule has 0 radical (unpaired) electrons. The van der Waals surface area contributed by atoms with Crippen LogP contribution in [0.3, 0.4) is 0 Å². The molecule has 1 aliphatic heterocycles. The van der Waals surface area contributed by atoms with Crippen LogP contribution in [0.1, 0.15) is 30.8 Å². The quantitative estimate of drug-likeness (QED) is 0.686. The number of rotatable bonds is 5. The van der Waals surface area contributed by atoms with Crippen LogP contribution in [-0.4, -0.2) is 41.0 Å². The third-order valence-corrected chi connectivity index (χ3v) is 5.66. The first-order valence-electron chi connectivity index (χ1n) is 10.6. The van der Waals surface area contributed by atoms with Crippen LogP contribution in [0.5, 0.6) is 0 Å². The molecular formula is C24H26FN5O. The average Bonchev–Trinajstić information content (AvgIpc) is 2.75. The molecule has 6 nitrogen and oxygen atoms in total. The molecule has 2 aromatic carbocycles. The number of para-hydroxylation sites is 1. The van der Waals surface area contributed by atoms with Crippen LogP contribution < -0.4 is 10.5 Å². The SMILES string of the molecule is CC(C)Cc1cc(N2CCN(Cc3nc4ccccc4c(=O)[nH]3)CC2)c(C#N)cc1F. The van der Waals surface area contributed by atoms with Crippen molar-refractivity contribution in [1.29, 1.82) is 5.26 Å². The summed E-state index contributed by atoms with van der Waals surface area (Å²) in [4.78, 5) is 24.2. The lowest BCUT2D eigenvalue weighted by atomic mass is 9.99. The monoisotopic (exact) mass is 419 g/mol. The number of hydrogen-bond donors (Lipinski definition) is 1. The Bertz CT molecular complexity index is 1190. The molecule has 7 heteroatoms. The van der Waals surface area contributed by atoms with Crippen molar-refractivity contribution in [2.75, 3.05) is 31.1 Å². The molecule has 0 bridgehead atoms. The number of aromatic amines is 1. The van der Waals surface area contributed by atoms with E-state index < -0.39 is 0 Å². The molecule has 0 aliphatic carbocycles. The molecule has 1 aliphatic rings. The molecule has 2 heterocycles. The Morgan fingerprint density at radius 2 is 1.94 bits per heavy atom. The lowest BCUT2D eigenvalue weighted by Gasteiger charge is -2.36. The van der Waals surface area contributed by atoms with Gasteiger partial charge in [-0.05, 0) is 42.2 Å². The summed E-state index contributed by atoms with van der Waals surface area (Å²) in [6, 6.07) is 12.7. The second-order valence-corrected chi connectivity index (χ2v) is 8.46. The highest BCUT2D eigenvalue weighted by molar-refractivity contribution is 5.77. The first-order valence-corrected chi connectivity index (χ1v) is 10.6. The number of piperazine rings is 1. The summed E-state index contributed by atoms with van der Waals surface area (Å²) in [5.41, 5.74) is 2.41. The normalized spacial score (nSPS) is 14.9. The van der Waals surface area contributed by atoms with Gasteiger partial charge in [0.2, 0.25) is 0 Å². The molecule has 1 saturated heterocycles. The highest BCUT2D eigenvalue weighted by atomic mass is 19.1. The fourth-order valence-electron chi connectivity index (χ4n) is 4.12. The number of fused-ring (bicyclic) bond motifs is 1. The summed E-state index contributed by atoms with van der Waals surface area (Å²) in [6.07, 6.45) is 0.644. The molecule has 0 atom stereocenters. The molecule has 4 rings (SSSR count). The Labute approximate surface area is 180 Å². The van der Waals surface area contributed by atoms with E-state index in [1.54, 1.807) is 6.07 Å². The number of aromatic nitrogens is 2. The van der Waals surface area contributed by atoms with Gasteiger partial charge in [-0.2, -0.15) is 5.26 Å². The van der Waals surface area contributed by atoms with E-state index in [9.17, 15) is 14.4 Å². The predicted octanol–water partition coefficient (Wildman–Crippen LogP) is 3.45. The third kappa shape index (κ3) is 4.59. The fourth-order valence-corrected chi connectivity index (χ4v) is 4.12. The van der Waals surface area contributed by atoms with Crippen molar-refractivity contribution in [3.8, 4) is 6.07 Å². The number of anilines is 1. The molecule has 0 unspecified atom stereocenters. The largest absolute Gasteiger partial charge is 0.368 e. The lowest BCUT2D eigenvalue weighted by Crippen LogP contribution is -2.46. The van der Waals surface area contributed by atoms with Crippen molar-refractivity contribution in [1.82, 2.24) is 14.9 Å². The fraction of sp³-hybridized carbons (Fsp3) is 0.375. The predicted molar refractivity (Wildman–Crippen MR) is 120 cm³/mol. The van der Waals surface area contributed by atoms with Crippen molar-refractivity contribution in [2.24, 2.45) is 5.92 Å². The first-order chi connectivity index (χ1) is 14.9. The van der Waals surface area contributed by atoms with E-state index in [4.69, 9.17) is 0 Å². The summed E-state index contributed by atoms with van der Waals surface area (Å²) in [7, 11) is 0. The van der Waals surface area contributed by atoms with Crippen LogP contribution in [0, 0.1) is 23.1 Å². The second-order valence-electron chi connectivity index (χ2n) is 8.46. The minimum absolute atomic E-state index is 0.123. The molecule has 0 spiro atoms. The van der Waals surface area contributed by atoms with Crippen LogP contribution in [-0.2, 0) is 13.0 Å². The topological polar surface area (TPSA) is 76.0 Å². The number of hydrogen-bond acceptors (Lipinski definition) is 5. The van der Waals surface area contributed by atoms with Gasteiger partial charge < -0.3 is 9.88 Å². The number of nitrogens with one attached hydrogen (secondary N) is 1. The van der Waals surface area contributed by atoms with Crippen LogP contribution >= 0.6 is 0 Å². The van der Waals surface area contributed by atoms with Crippen molar-refractivity contribution < 1.29 is 4.39 Å². The first kappa shape index (κ1) is 21.0. The van der Waals surface area contributed by atoms with Gasteiger partial charge in [0.1, 0.15) is 17.7 Å². The van der Waals surface area contributed by atoms with Crippen LogP contribution in [0.4, 0.5) is 10.1 Å². The Hall–Kier alpha value is -3.24. The summed E-state index contributed by atoms with van der Waals surface area (Å²) < 4.78 is 14.4. The van der Waals surface area contributed by atoms with E-state index in [-0.39, 0.29) is 11.4 Å². The molecule has 0 saturated carbocycles. The third-order valence-electron chi connectivity index (χ3n) is 5.66. The summed E-state index contributed by atoms with van der Waals surface area (Å²) >= 11 is 0. The van der Waals surface area contributed by atoms with Crippen LogP contribution in [0.25, 0.3) is 10.9 Å². The van der Waals surface area contributed by atoms with Gasteiger partial charge in [0.15, 0.2) is 0 Å². The molecule has 1 aromatic heterocycles. The van der Waals surface area contributed by atoms with Crippen molar-refractivity contribution in [3.05, 3.63) is 69.5 Å². The van der Waals surface area contributed by atoms with E-state index in [1.165, 1.54) is 6.07 Å². The summed E-state index contributed by atoms with van der Waals surface area (Å²) in [5.74, 6) is 0.679. The van der Waals surface area contributed by atoms with Crippen molar-refractivity contribution >= 4 is 16.6 Å². The van der Waals surface area contributed by atoms with Crippen molar-refractivity contribution in [3.63, 3.8) is 0 Å². The Kier molecular flexibility index (Phi) is 6.01. The summed E-state index contributed by atoms with van der Waals surface area (Å²) in [6.45, 7) is 7.64. The molecule has 1 fully saturated rings. The standard InChI is InChI=1S/C24H26FN5O/c1-16(2)11-17-13-22(18(14-26)12-20(17)25)30-9-7-29(8-10-30)15-23-27-21-6-4-3-5-19(21)24(31)28-23/h3-6,12-13,16H,7-11,15H2,1-2H3,(H,27,28,31). The smallest absolute Gasteiger partial charge is 0.258 e. The Morgan fingerprint density at radius 3 is 2.65 bits per heavy atom. The highest BCUT2D eigenvalue weighted by Gasteiger charge is 2.22. The molecule has 0 amide bonds. The zero-order valence-electron chi connectivity index (χ0n) is 17.9.